The maximum atomic E-state index is 8.99. The van der Waals surface area contributed by atoms with E-state index in [1.54, 1.807) is 30.3 Å². The van der Waals surface area contributed by atoms with Crippen LogP contribution in [0.1, 0.15) is 16.8 Å². The molecule has 3 aromatic rings. The zero-order chi connectivity index (χ0) is 17.6. The predicted octanol–water partition coefficient (Wildman–Crippen LogP) is 4.02. The zero-order valence-corrected chi connectivity index (χ0v) is 13.5. The summed E-state index contributed by atoms with van der Waals surface area (Å²) in [5.41, 5.74) is 3.43. The van der Waals surface area contributed by atoms with E-state index in [1.165, 1.54) is 0 Å². The Bertz CT molecular complexity index is 920. The number of hydrogen-bond donors (Lipinski definition) is 2. The van der Waals surface area contributed by atoms with Crippen molar-refractivity contribution >= 4 is 23.1 Å². The van der Waals surface area contributed by atoms with E-state index in [0.29, 0.717) is 22.9 Å². The van der Waals surface area contributed by atoms with E-state index in [4.69, 9.17) is 10.5 Å². The van der Waals surface area contributed by atoms with E-state index in [2.05, 4.69) is 32.7 Å². The summed E-state index contributed by atoms with van der Waals surface area (Å²) in [6.45, 7) is 1.87. The number of aromatic nitrogens is 2. The van der Waals surface area contributed by atoms with Gasteiger partial charge in [-0.2, -0.15) is 15.5 Å². The minimum atomic E-state index is 0.425. The van der Waals surface area contributed by atoms with Crippen LogP contribution in [0.4, 0.5) is 23.1 Å². The van der Waals surface area contributed by atoms with Crippen LogP contribution in [0.5, 0.6) is 0 Å². The summed E-state index contributed by atoms with van der Waals surface area (Å²) in [6, 6.07) is 20.3. The van der Waals surface area contributed by atoms with Crippen molar-refractivity contribution < 1.29 is 0 Å². The van der Waals surface area contributed by atoms with Crippen molar-refractivity contribution in [2.45, 2.75) is 6.92 Å². The van der Waals surface area contributed by atoms with Crippen molar-refractivity contribution in [3.63, 3.8) is 0 Å². The number of rotatable bonds is 4. The number of nitriles is 2. The van der Waals surface area contributed by atoms with Crippen LogP contribution in [0.25, 0.3) is 0 Å². The lowest BCUT2D eigenvalue weighted by atomic mass is 10.2. The number of nitrogens with zero attached hydrogens (tertiary/aromatic N) is 4. The molecule has 0 bridgehead atoms. The van der Waals surface area contributed by atoms with Crippen molar-refractivity contribution in [3.8, 4) is 12.1 Å². The van der Waals surface area contributed by atoms with E-state index < -0.39 is 0 Å². The van der Waals surface area contributed by atoms with Crippen molar-refractivity contribution in [1.29, 1.82) is 10.5 Å². The number of anilines is 4. The van der Waals surface area contributed by atoms with Crippen molar-refractivity contribution in [3.05, 3.63) is 71.4 Å². The summed E-state index contributed by atoms with van der Waals surface area (Å²) in [5, 5.41) is 24.2. The summed E-state index contributed by atoms with van der Waals surface area (Å²) in [4.78, 5) is 8.80. The molecule has 0 aliphatic rings. The lowest BCUT2D eigenvalue weighted by Gasteiger charge is -2.10. The molecule has 1 aromatic heterocycles. The van der Waals surface area contributed by atoms with Crippen LogP contribution in [0.2, 0.25) is 0 Å². The Morgan fingerprint density at radius 2 is 1.40 bits per heavy atom. The molecule has 6 heteroatoms. The highest BCUT2D eigenvalue weighted by atomic mass is 15.1. The number of benzene rings is 2. The first-order valence-corrected chi connectivity index (χ1v) is 7.56. The van der Waals surface area contributed by atoms with Gasteiger partial charge in [-0.05, 0) is 43.3 Å². The lowest BCUT2D eigenvalue weighted by Crippen LogP contribution is -2.02. The monoisotopic (exact) mass is 326 g/mol. The fourth-order valence-corrected chi connectivity index (χ4v) is 2.30. The molecule has 0 aliphatic carbocycles. The van der Waals surface area contributed by atoms with Gasteiger partial charge < -0.3 is 10.6 Å². The van der Waals surface area contributed by atoms with Gasteiger partial charge in [0.15, 0.2) is 0 Å². The molecule has 0 aliphatic heterocycles. The molecule has 0 radical (unpaired) electrons. The van der Waals surface area contributed by atoms with Crippen LogP contribution < -0.4 is 10.6 Å². The molecule has 0 saturated heterocycles. The molecule has 0 fully saturated rings. The van der Waals surface area contributed by atoms with Crippen LogP contribution in [-0.4, -0.2) is 9.97 Å². The second-order valence-corrected chi connectivity index (χ2v) is 5.35. The van der Waals surface area contributed by atoms with Gasteiger partial charge in [0.1, 0.15) is 5.82 Å². The topological polar surface area (TPSA) is 97.4 Å². The molecule has 25 heavy (non-hydrogen) atoms. The Labute approximate surface area is 145 Å². The third-order valence-electron chi connectivity index (χ3n) is 3.37. The fraction of sp³-hybridized carbons (Fsp3) is 0.0526. The van der Waals surface area contributed by atoms with Gasteiger partial charge in [-0.1, -0.05) is 12.1 Å². The number of hydrogen-bond acceptors (Lipinski definition) is 6. The predicted molar refractivity (Wildman–Crippen MR) is 95.6 cm³/mol. The highest BCUT2D eigenvalue weighted by Crippen LogP contribution is 2.20. The Balaban J connectivity index is 1.85. The first-order valence-electron chi connectivity index (χ1n) is 7.56. The summed E-state index contributed by atoms with van der Waals surface area (Å²) in [6.07, 6.45) is 0. The maximum Gasteiger partial charge on any atom is 0.229 e. The van der Waals surface area contributed by atoms with E-state index in [1.807, 2.05) is 31.2 Å². The van der Waals surface area contributed by atoms with Crippen molar-refractivity contribution in [2.75, 3.05) is 10.6 Å². The Kier molecular flexibility index (Phi) is 4.55. The van der Waals surface area contributed by atoms with Gasteiger partial charge >= 0.3 is 0 Å². The molecule has 2 aromatic carbocycles. The summed E-state index contributed by atoms with van der Waals surface area (Å²) in [5.74, 6) is 1.04. The van der Waals surface area contributed by atoms with Gasteiger partial charge in [0.25, 0.3) is 0 Å². The first kappa shape index (κ1) is 16.0. The van der Waals surface area contributed by atoms with E-state index >= 15 is 0 Å². The minimum absolute atomic E-state index is 0.425. The molecule has 0 atom stereocenters. The van der Waals surface area contributed by atoms with Gasteiger partial charge in [0, 0.05) is 23.1 Å². The van der Waals surface area contributed by atoms with Gasteiger partial charge in [-0.15, -0.1) is 0 Å². The minimum Gasteiger partial charge on any atom is -0.340 e. The number of nitrogens with one attached hydrogen (secondary N) is 2. The molecule has 3 rings (SSSR count). The lowest BCUT2D eigenvalue weighted by molar-refractivity contribution is 1.11. The third kappa shape index (κ3) is 4.10. The number of aryl methyl sites for hydroxylation is 1. The summed E-state index contributed by atoms with van der Waals surface area (Å²) < 4.78 is 0. The third-order valence-corrected chi connectivity index (χ3v) is 3.37. The molecule has 0 amide bonds. The van der Waals surface area contributed by atoms with Gasteiger partial charge in [0.05, 0.1) is 23.3 Å². The first-order chi connectivity index (χ1) is 12.2. The van der Waals surface area contributed by atoms with Gasteiger partial charge in [-0.3, -0.25) is 0 Å². The molecule has 6 nitrogen and oxygen atoms in total. The largest absolute Gasteiger partial charge is 0.340 e. The molecule has 0 saturated carbocycles. The average Bonchev–Trinajstić information content (AvgIpc) is 2.61. The molecule has 2 N–H and O–H groups in total. The molecule has 0 spiro atoms. The molecular formula is C19H14N6. The SMILES string of the molecule is Cc1cc(Nc2cccc(C#N)c2)nc(Nc2cccc(C#N)c2)n1. The van der Waals surface area contributed by atoms with Gasteiger partial charge in [-0.25, -0.2) is 4.98 Å². The smallest absolute Gasteiger partial charge is 0.229 e. The molecule has 0 unspecified atom stereocenters. The summed E-state index contributed by atoms with van der Waals surface area (Å²) >= 11 is 0. The normalized spacial score (nSPS) is 9.72. The molecular weight excluding hydrogens is 312 g/mol. The summed E-state index contributed by atoms with van der Waals surface area (Å²) in [7, 11) is 0. The second-order valence-electron chi connectivity index (χ2n) is 5.35. The average molecular weight is 326 g/mol. The van der Waals surface area contributed by atoms with E-state index in [0.717, 1.165) is 17.1 Å². The van der Waals surface area contributed by atoms with E-state index in [9.17, 15) is 0 Å². The fourth-order valence-electron chi connectivity index (χ4n) is 2.30. The van der Waals surface area contributed by atoms with Crippen molar-refractivity contribution in [1.82, 2.24) is 9.97 Å². The van der Waals surface area contributed by atoms with Crippen LogP contribution in [0, 0.1) is 29.6 Å². The van der Waals surface area contributed by atoms with Crippen LogP contribution in [0.3, 0.4) is 0 Å². The molecule has 1 heterocycles. The van der Waals surface area contributed by atoms with Gasteiger partial charge in [0.2, 0.25) is 5.95 Å². The Morgan fingerprint density at radius 1 is 0.800 bits per heavy atom. The Hall–Kier alpha value is -3.90. The Morgan fingerprint density at radius 3 is 2.00 bits per heavy atom. The van der Waals surface area contributed by atoms with Crippen LogP contribution in [-0.2, 0) is 0 Å². The molecule has 120 valence electrons. The van der Waals surface area contributed by atoms with Crippen LogP contribution >= 0.6 is 0 Å². The maximum absolute atomic E-state index is 8.99. The highest BCUT2D eigenvalue weighted by molar-refractivity contribution is 5.62. The zero-order valence-electron chi connectivity index (χ0n) is 13.5. The quantitative estimate of drug-likeness (QED) is 0.751. The van der Waals surface area contributed by atoms with E-state index in [-0.39, 0.29) is 0 Å². The van der Waals surface area contributed by atoms with Crippen molar-refractivity contribution in [2.24, 2.45) is 0 Å². The highest BCUT2D eigenvalue weighted by Gasteiger charge is 2.05. The standard InChI is InChI=1S/C19H14N6/c1-13-8-18(23-16-6-2-4-14(9-16)11-20)25-19(22-13)24-17-7-3-5-15(10-17)12-21/h2-10H,1H3,(H2,22,23,24,25). The second kappa shape index (κ2) is 7.12. The van der Waals surface area contributed by atoms with Crippen LogP contribution in [0.15, 0.2) is 54.6 Å².